The number of carbonyl (C=O) groups is 1. The Hall–Kier alpha value is -1.12. The fourth-order valence-corrected chi connectivity index (χ4v) is 0.599. The number of esters is 1. The molecule has 0 spiro atoms. The van der Waals surface area contributed by atoms with Crippen LogP contribution in [0.1, 0.15) is 13.8 Å². The van der Waals surface area contributed by atoms with E-state index in [1.165, 1.54) is 6.21 Å². The van der Waals surface area contributed by atoms with Crippen molar-refractivity contribution in [3.05, 3.63) is 11.6 Å². The second kappa shape index (κ2) is 5.65. The van der Waals surface area contributed by atoms with Crippen LogP contribution >= 0.6 is 0 Å². The smallest absolute Gasteiger partial charge is 0.339 e. The number of carbonyl (C=O) groups excluding carboxylic acids is 1. The predicted octanol–water partition coefficient (Wildman–Crippen LogP) is 1.20. The molecule has 0 rings (SSSR count). The fourth-order valence-electron chi connectivity index (χ4n) is 0.599. The van der Waals surface area contributed by atoms with Crippen LogP contribution < -0.4 is 0 Å². The summed E-state index contributed by atoms with van der Waals surface area (Å²) < 4.78 is 4.75. The first kappa shape index (κ1) is 9.88. The van der Waals surface area contributed by atoms with Crippen LogP contribution in [-0.4, -0.2) is 25.8 Å². The largest absolute Gasteiger partial charge is 0.462 e. The quantitative estimate of drug-likeness (QED) is 0.349. The second-order valence-electron chi connectivity index (χ2n) is 1.85. The zero-order valence-electron chi connectivity index (χ0n) is 7.13. The molecule has 0 bridgehead atoms. The number of allylic oxidation sites excluding steroid dienone is 1. The first-order chi connectivity index (χ1) is 5.26. The van der Waals surface area contributed by atoms with E-state index in [-0.39, 0.29) is 5.97 Å². The number of nitrogens with zero attached hydrogens (tertiary/aromatic N) is 1. The zero-order valence-corrected chi connectivity index (χ0v) is 7.13. The van der Waals surface area contributed by atoms with E-state index in [4.69, 9.17) is 4.74 Å². The van der Waals surface area contributed by atoms with E-state index in [0.29, 0.717) is 12.2 Å². The minimum absolute atomic E-state index is 0.319. The minimum Gasteiger partial charge on any atom is -0.462 e. The van der Waals surface area contributed by atoms with Crippen LogP contribution in [0, 0.1) is 0 Å². The summed E-state index contributed by atoms with van der Waals surface area (Å²) in [4.78, 5) is 14.7. The fraction of sp³-hybridized carbons (Fsp3) is 0.500. The molecule has 3 nitrogen and oxygen atoms in total. The van der Waals surface area contributed by atoms with Gasteiger partial charge in [0.15, 0.2) is 0 Å². The number of rotatable bonds is 3. The molecule has 0 saturated heterocycles. The van der Waals surface area contributed by atoms with E-state index in [2.05, 4.69) is 4.99 Å². The van der Waals surface area contributed by atoms with Crippen molar-refractivity contribution in [1.82, 2.24) is 0 Å². The molecule has 0 radical (unpaired) electrons. The van der Waals surface area contributed by atoms with Crippen LogP contribution in [0.15, 0.2) is 16.6 Å². The van der Waals surface area contributed by atoms with Gasteiger partial charge in [-0.1, -0.05) is 6.08 Å². The van der Waals surface area contributed by atoms with Gasteiger partial charge in [0.25, 0.3) is 0 Å². The van der Waals surface area contributed by atoms with Gasteiger partial charge in [0.2, 0.25) is 0 Å². The maximum atomic E-state index is 11.0. The highest BCUT2D eigenvalue weighted by atomic mass is 16.5. The molecule has 0 aliphatic carbocycles. The highest BCUT2D eigenvalue weighted by molar-refractivity contribution is 6.09. The summed E-state index contributed by atoms with van der Waals surface area (Å²) in [5, 5.41) is 0. The third kappa shape index (κ3) is 3.55. The molecule has 0 aromatic rings. The van der Waals surface area contributed by atoms with E-state index in [9.17, 15) is 4.79 Å². The lowest BCUT2D eigenvalue weighted by Crippen LogP contribution is -2.08. The monoisotopic (exact) mass is 155 g/mol. The molecule has 0 N–H and O–H groups in total. The van der Waals surface area contributed by atoms with Crippen LogP contribution in [-0.2, 0) is 9.53 Å². The lowest BCUT2D eigenvalue weighted by molar-refractivity contribution is -0.137. The summed E-state index contributed by atoms with van der Waals surface area (Å²) in [6, 6.07) is 0. The summed E-state index contributed by atoms with van der Waals surface area (Å²) in [5.74, 6) is -0.319. The maximum absolute atomic E-state index is 11.0. The van der Waals surface area contributed by atoms with Gasteiger partial charge < -0.3 is 4.74 Å². The Kier molecular flexibility index (Phi) is 5.07. The molecule has 3 heteroatoms. The van der Waals surface area contributed by atoms with Crippen molar-refractivity contribution in [3.63, 3.8) is 0 Å². The molecular formula is C8H13NO2. The molecule has 0 atom stereocenters. The van der Waals surface area contributed by atoms with E-state index in [0.717, 1.165) is 0 Å². The predicted molar refractivity (Wildman–Crippen MR) is 44.8 cm³/mol. The summed E-state index contributed by atoms with van der Waals surface area (Å²) in [7, 11) is 1.61. The summed E-state index contributed by atoms with van der Waals surface area (Å²) in [6.07, 6.45) is 3.16. The summed E-state index contributed by atoms with van der Waals surface area (Å²) in [5.41, 5.74) is 0.495. The molecule has 0 fully saturated rings. The van der Waals surface area contributed by atoms with E-state index in [1.54, 1.807) is 27.0 Å². The van der Waals surface area contributed by atoms with Crippen molar-refractivity contribution in [1.29, 1.82) is 0 Å². The Balaban J connectivity index is 4.16. The van der Waals surface area contributed by atoms with Gasteiger partial charge in [0.1, 0.15) is 0 Å². The molecule has 11 heavy (non-hydrogen) atoms. The van der Waals surface area contributed by atoms with Crippen LogP contribution in [0.25, 0.3) is 0 Å². The lowest BCUT2D eigenvalue weighted by Gasteiger charge is -1.99. The highest BCUT2D eigenvalue weighted by Crippen LogP contribution is 1.93. The van der Waals surface area contributed by atoms with Gasteiger partial charge in [-0.25, -0.2) is 4.79 Å². The van der Waals surface area contributed by atoms with Gasteiger partial charge in [0, 0.05) is 13.3 Å². The molecule has 0 aliphatic heterocycles. The molecule has 0 unspecified atom stereocenters. The van der Waals surface area contributed by atoms with Gasteiger partial charge in [-0.15, -0.1) is 0 Å². The van der Waals surface area contributed by atoms with Crippen molar-refractivity contribution in [2.75, 3.05) is 13.7 Å². The van der Waals surface area contributed by atoms with Crippen molar-refractivity contribution in [2.24, 2.45) is 4.99 Å². The Morgan fingerprint density at radius 1 is 1.64 bits per heavy atom. The van der Waals surface area contributed by atoms with Crippen LogP contribution in [0.2, 0.25) is 0 Å². The summed E-state index contributed by atoms with van der Waals surface area (Å²) >= 11 is 0. The normalized spacial score (nSPS) is 12.1. The molecule has 0 heterocycles. The van der Waals surface area contributed by atoms with Crippen molar-refractivity contribution >= 4 is 12.2 Å². The van der Waals surface area contributed by atoms with Gasteiger partial charge in [0.05, 0.1) is 12.2 Å². The molecule has 0 saturated carbocycles. The number of hydrogen-bond donors (Lipinski definition) is 0. The minimum atomic E-state index is -0.319. The Bertz CT molecular complexity index is 183. The van der Waals surface area contributed by atoms with E-state index >= 15 is 0 Å². The number of hydrogen-bond acceptors (Lipinski definition) is 3. The van der Waals surface area contributed by atoms with Gasteiger partial charge in [-0.2, -0.15) is 0 Å². The number of aliphatic imine (C=N–C) groups is 1. The molecule has 0 aromatic carbocycles. The van der Waals surface area contributed by atoms with Crippen molar-refractivity contribution < 1.29 is 9.53 Å². The van der Waals surface area contributed by atoms with Crippen molar-refractivity contribution in [2.45, 2.75) is 13.8 Å². The SMILES string of the molecule is CC=C(C=NC)C(=O)OCC. The first-order valence-electron chi connectivity index (χ1n) is 3.51. The average Bonchev–Trinajstić information content (AvgIpc) is 2.00. The third-order valence-corrected chi connectivity index (χ3v) is 1.09. The molecule has 0 aromatic heterocycles. The summed E-state index contributed by atoms with van der Waals surface area (Å²) in [6.45, 7) is 3.94. The molecule has 0 amide bonds. The van der Waals surface area contributed by atoms with Gasteiger partial charge >= 0.3 is 5.97 Å². The van der Waals surface area contributed by atoms with Crippen molar-refractivity contribution in [3.8, 4) is 0 Å². The third-order valence-electron chi connectivity index (χ3n) is 1.09. The standard InChI is InChI=1S/C8H13NO2/c1-4-7(6-9-3)8(10)11-5-2/h4,6H,5H2,1-3H3. The second-order valence-corrected chi connectivity index (χ2v) is 1.85. The maximum Gasteiger partial charge on any atom is 0.339 e. The number of ether oxygens (including phenoxy) is 1. The van der Waals surface area contributed by atoms with E-state index in [1.807, 2.05) is 0 Å². The molecular weight excluding hydrogens is 142 g/mol. The van der Waals surface area contributed by atoms with Gasteiger partial charge in [-0.05, 0) is 13.8 Å². The average molecular weight is 155 g/mol. The van der Waals surface area contributed by atoms with Gasteiger partial charge in [-0.3, -0.25) is 4.99 Å². The lowest BCUT2D eigenvalue weighted by atomic mass is 10.3. The van der Waals surface area contributed by atoms with Crippen LogP contribution in [0.4, 0.5) is 0 Å². The molecule has 0 aliphatic rings. The van der Waals surface area contributed by atoms with E-state index < -0.39 is 0 Å². The van der Waals surface area contributed by atoms with Crippen LogP contribution in [0.3, 0.4) is 0 Å². The Morgan fingerprint density at radius 3 is 2.64 bits per heavy atom. The zero-order chi connectivity index (χ0) is 8.69. The Morgan fingerprint density at radius 2 is 2.27 bits per heavy atom. The molecule has 62 valence electrons. The van der Waals surface area contributed by atoms with Crippen LogP contribution in [0.5, 0.6) is 0 Å². The highest BCUT2D eigenvalue weighted by Gasteiger charge is 2.04. The first-order valence-corrected chi connectivity index (χ1v) is 3.51. The topological polar surface area (TPSA) is 38.7 Å². The Labute approximate surface area is 66.8 Å².